The Kier molecular flexibility index (Phi) is 2.52. The molecule has 0 saturated heterocycles. The lowest BCUT2D eigenvalue weighted by Crippen LogP contribution is -2.23. The molecular formula is C11H9N3O3. The molecule has 1 aromatic rings. The second-order valence-electron chi connectivity index (χ2n) is 3.92. The number of nitrogens with one attached hydrogen (secondary N) is 1. The molecule has 0 aliphatic heterocycles. The summed E-state index contributed by atoms with van der Waals surface area (Å²) in [6.07, 6.45) is 1.02. The molecule has 2 rings (SSSR count). The summed E-state index contributed by atoms with van der Waals surface area (Å²) >= 11 is 0. The molecule has 0 radical (unpaired) electrons. The van der Waals surface area contributed by atoms with Crippen LogP contribution < -0.4 is 5.32 Å². The molecule has 1 aliphatic carbocycles. The second-order valence-corrected chi connectivity index (χ2v) is 3.92. The van der Waals surface area contributed by atoms with Gasteiger partial charge in [-0.3, -0.25) is 14.9 Å². The molecule has 1 amide bonds. The lowest BCUT2D eigenvalue weighted by molar-refractivity contribution is -0.383. The molecule has 0 spiro atoms. The number of nitrogens with zero attached hydrogens (tertiary/aromatic N) is 2. The molecule has 0 bridgehead atoms. The average Bonchev–Trinajstić information content (AvgIpc) is 3.10. The third kappa shape index (κ3) is 1.95. The van der Waals surface area contributed by atoms with Crippen molar-refractivity contribution in [2.45, 2.75) is 12.8 Å². The number of benzene rings is 1. The fraction of sp³-hybridized carbons (Fsp3) is 0.273. The van der Waals surface area contributed by atoms with Crippen LogP contribution in [0.25, 0.3) is 0 Å². The van der Waals surface area contributed by atoms with Gasteiger partial charge in [-0.1, -0.05) is 12.1 Å². The summed E-state index contributed by atoms with van der Waals surface area (Å²) in [7, 11) is 0. The normalized spacial score (nSPS) is 15.7. The summed E-state index contributed by atoms with van der Waals surface area (Å²) in [5, 5.41) is 22.0. The molecule has 17 heavy (non-hydrogen) atoms. The highest BCUT2D eigenvalue weighted by Crippen LogP contribution is 2.46. The van der Waals surface area contributed by atoms with E-state index in [9.17, 15) is 14.9 Å². The summed E-state index contributed by atoms with van der Waals surface area (Å²) in [5.74, 6) is -0.464. The maximum Gasteiger partial charge on any atom is 0.292 e. The van der Waals surface area contributed by atoms with Gasteiger partial charge in [-0.05, 0) is 18.9 Å². The molecule has 1 aliphatic rings. The number of nitriles is 1. The van der Waals surface area contributed by atoms with Crippen LogP contribution in [0.15, 0.2) is 24.3 Å². The predicted molar refractivity (Wildman–Crippen MR) is 59.0 cm³/mol. The van der Waals surface area contributed by atoms with E-state index in [1.165, 1.54) is 18.2 Å². The van der Waals surface area contributed by atoms with Gasteiger partial charge in [-0.2, -0.15) is 5.26 Å². The van der Waals surface area contributed by atoms with Crippen LogP contribution in [0, 0.1) is 26.9 Å². The van der Waals surface area contributed by atoms with E-state index in [1.54, 1.807) is 6.07 Å². The Bertz CT molecular complexity index is 529. The van der Waals surface area contributed by atoms with Crippen LogP contribution in [0.3, 0.4) is 0 Å². The number of nitro groups is 1. The van der Waals surface area contributed by atoms with Crippen molar-refractivity contribution in [2.24, 2.45) is 5.41 Å². The monoisotopic (exact) mass is 231 g/mol. The molecule has 1 aromatic carbocycles. The van der Waals surface area contributed by atoms with Crippen molar-refractivity contribution in [1.29, 1.82) is 5.26 Å². The van der Waals surface area contributed by atoms with Gasteiger partial charge >= 0.3 is 0 Å². The van der Waals surface area contributed by atoms with Crippen molar-refractivity contribution in [3.8, 4) is 6.07 Å². The van der Waals surface area contributed by atoms with Gasteiger partial charge in [-0.15, -0.1) is 0 Å². The first-order chi connectivity index (χ1) is 8.09. The van der Waals surface area contributed by atoms with E-state index in [4.69, 9.17) is 5.26 Å². The molecule has 86 valence electrons. The van der Waals surface area contributed by atoms with Gasteiger partial charge in [0.25, 0.3) is 5.69 Å². The lowest BCUT2D eigenvalue weighted by atomic mass is 10.1. The first-order valence-corrected chi connectivity index (χ1v) is 5.05. The SMILES string of the molecule is N#CC1(C(=O)Nc2ccccc2[N+](=O)[O-])CC1. The molecule has 0 aromatic heterocycles. The minimum atomic E-state index is -0.982. The van der Waals surface area contributed by atoms with Crippen LogP contribution in [0.5, 0.6) is 0 Å². The molecule has 6 heteroatoms. The van der Waals surface area contributed by atoms with Gasteiger partial charge in [0.1, 0.15) is 11.1 Å². The molecule has 1 fully saturated rings. The molecule has 0 heterocycles. The Labute approximate surface area is 97.0 Å². The Balaban J connectivity index is 2.23. The summed E-state index contributed by atoms with van der Waals surface area (Å²) in [6, 6.07) is 7.80. The highest BCUT2D eigenvalue weighted by atomic mass is 16.6. The van der Waals surface area contributed by atoms with Crippen molar-refractivity contribution < 1.29 is 9.72 Å². The number of nitro benzene ring substituents is 1. The lowest BCUT2D eigenvalue weighted by Gasteiger charge is -2.08. The highest BCUT2D eigenvalue weighted by molar-refractivity contribution is 6.00. The predicted octanol–water partition coefficient (Wildman–Crippen LogP) is 1.84. The Morgan fingerprint density at radius 1 is 1.47 bits per heavy atom. The van der Waals surface area contributed by atoms with Crippen LogP contribution >= 0.6 is 0 Å². The van der Waals surface area contributed by atoms with Crippen LogP contribution in [-0.4, -0.2) is 10.8 Å². The van der Waals surface area contributed by atoms with Crippen molar-refractivity contribution in [3.63, 3.8) is 0 Å². The summed E-state index contributed by atoms with van der Waals surface area (Å²) in [6.45, 7) is 0. The second kappa shape index (κ2) is 3.87. The summed E-state index contributed by atoms with van der Waals surface area (Å²) in [5.41, 5.74) is -1.03. The molecule has 1 N–H and O–H groups in total. The van der Waals surface area contributed by atoms with Crippen molar-refractivity contribution >= 4 is 17.3 Å². The number of carbonyl (C=O) groups is 1. The Morgan fingerprint density at radius 2 is 2.12 bits per heavy atom. The number of anilines is 1. The van der Waals surface area contributed by atoms with Crippen LogP contribution in [0.1, 0.15) is 12.8 Å². The fourth-order valence-electron chi connectivity index (χ4n) is 1.50. The number of hydrogen-bond donors (Lipinski definition) is 1. The van der Waals surface area contributed by atoms with Gasteiger partial charge in [0.15, 0.2) is 0 Å². The zero-order chi connectivity index (χ0) is 12.5. The van der Waals surface area contributed by atoms with Crippen molar-refractivity contribution in [3.05, 3.63) is 34.4 Å². The van der Waals surface area contributed by atoms with E-state index in [-0.39, 0.29) is 11.4 Å². The molecule has 6 nitrogen and oxygen atoms in total. The summed E-state index contributed by atoms with van der Waals surface area (Å²) < 4.78 is 0. The van der Waals surface area contributed by atoms with Crippen LogP contribution in [0.2, 0.25) is 0 Å². The number of rotatable bonds is 3. The number of hydrogen-bond acceptors (Lipinski definition) is 4. The summed E-state index contributed by atoms with van der Waals surface area (Å²) in [4.78, 5) is 21.9. The molecule has 1 saturated carbocycles. The quantitative estimate of drug-likeness (QED) is 0.634. The van der Waals surface area contributed by atoms with Gasteiger partial charge in [0.05, 0.1) is 11.0 Å². The topological polar surface area (TPSA) is 96.0 Å². The highest BCUT2D eigenvalue weighted by Gasteiger charge is 2.51. The minimum Gasteiger partial charge on any atom is -0.319 e. The first-order valence-electron chi connectivity index (χ1n) is 5.05. The number of para-hydroxylation sites is 2. The van der Waals surface area contributed by atoms with Gasteiger partial charge in [-0.25, -0.2) is 0 Å². The van der Waals surface area contributed by atoms with Gasteiger partial charge in [0.2, 0.25) is 5.91 Å². The van der Waals surface area contributed by atoms with E-state index >= 15 is 0 Å². The largest absolute Gasteiger partial charge is 0.319 e. The smallest absolute Gasteiger partial charge is 0.292 e. The molecule has 0 atom stereocenters. The van der Waals surface area contributed by atoms with Gasteiger partial charge < -0.3 is 5.32 Å². The zero-order valence-electron chi connectivity index (χ0n) is 8.84. The van der Waals surface area contributed by atoms with Gasteiger partial charge in [0, 0.05) is 6.07 Å². The first kappa shape index (κ1) is 11.1. The van der Waals surface area contributed by atoms with E-state index in [0.29, 0.717) is 12.8 Å². The third-order valence-corrected chi connectivity index (χ3v) is 2.75. The zero-order valence-corrected chi connectivity index (χ0v) is 8.84. The maximum atomic E-state index is 11.7. The van der Waals surface area contributed by atoms with E-state index < -0.39 is 16.2 Å². The van der Waals surface area contributed by atoms with E-state index in [1.807, 2.05) is 6.07 Å². The standard InChI is InChI=1S/C11H9N3O3/c12-7-11(5-6-11)10(15)13-8-3-1-2-4-9(8)14(16)17/h1-4H,5-6H2,(H,13,15). The van der Waals surface area contributed by atoms with Crippen LogP contribution in [-0.2, 0) is 4.79 Å². The van der Waals surface area contributed by atoms with Crippen LogP contribution in [0.4, 0.5) is 11.4 Å². The minimum absolute atomic E-state index is 0.129. The van der Waals surface area contributed by atoms with E-state index in [0.717, 1.165) is 0 Å². The molecule has 0 unspecified atom stereocenters. The fourth-order valence-corrected chi connectivity index (χ4v) is 1.50. The Morgan fingerprint density at radius 3 is 2.65 bits per heavy atom. The van der Waals surface area contributed by atoms with Crippen molar-refractivity contribution in [1.82, 2.24) is 0 Å². The average molecular weight is 231 g/mol. The number of amides is 1. The molecular weight excluding hydrogens is 222 g/mol. The van der Waals surface area contributed by atoms with Crippen molar-refractivity contribution in [2.75, 3.05) is 5.32 Å². The number of carbonyl (C=O) groups excluding carboxylic acids is 1. The third-order valence-electron chi connectivity index (χ3n) is 2.75. The van der Waals surface area contributed by atoms with E-state index in [2.05, 4.69) is 5.32 Å². The Hall–Kier alpha value is -2.42. The maximum absolute atomic E-state index is 11.7.